The van der Waals surface area contributed by atoms with Crippen LogP contribution in [0.25, 0.3) is 11.5 Å². The minimum atomic E-state index is 0.518. The maximum Gasteiger partial charge on any atom is 0.247 e. The van der Waals surface area contributed by atoms with Crippen molar-refractivity contribution in [3.63, 3.8) is 0 Å². The summed E-state index contributed by atoms with van der Waals surface area (Å²) in [5, 5.41) is 8.57. The highest BCUT2D eigenvalue weighted by Crippen LogP contribution is 2.36. The van der Waals surface area contributed by atoms with Crippen LogP contribution in [0.2, 0.25) is 0 Å². The van der Waals surface area contributed by atoms with Crippen LogP contribution in [0.5, 0.6) is 0 Å². The molecule has 1 aromatic heterocycles. The highest BCUT2D eigenvalue weighted by atomic mass is 16.4. The predicted molar refractivity (Wildman–Crippen MR) is 102 cm³/mol. The number of aromatic nitrogens is 2. The van der Waals surface area contributed by atoms with Gasteiger partial charge in [0.1, 0.15) is 0 Å². The third-order valence-corrected chi connectivity index (χ3v) is 5.18. The van der Waals surface area contributed by atoms with Gasteiger partial charge in [0.25, 0.3) is 0 Å². The largest absolute Gasteiger partial charge is 0.419 e. The average Bonchev–Trinajstić information content (AvgIpc) is 3.40. The molecule has 0 aliphatic heterocycles. The van der Waals surface area contributed by atoms with Crippen LogP contribution in [0.3, 0.4) is 0 Å². The molecule has 1 heterocycles. The van der Waals surface area contributed by atoms with Gasteiger partial charge in [-0.15, -0.1) is 10.2 Å². The standard InChI is InChI=1S/C22H25N3O/c1-16-7-6-10-20(13-16)22-24-23-21(26-22)15-25(17(2)19-11-12-19)14-18-8-4-3-5-9-18/h3-10,13,17,19H,11-12,14-15H2,1-2H3. The van der Waals surface area contributed by atoms with Gasteiger partial charge >= 0.3 is 0 Å². The van der Waals surface area contributed by atoms with Crippen molar-refractivity contribution >= 4 is 0 Å². The van der Waals surface area contributed by atoms with Crippen molar-refractivity contribution in [2.24, 2.45) is 5.92 Å². The normalized spacial score (nSPS) is 15.3. The molecule has 2 aromatic carbocycles. The van der Waals surface area contributed by atoms with Gasteiger partial charge in [-0.25, -0.2) is 0 Å². The Morgan fingerprint density at radius 1 is 1.04 bits per heavy atom. The van der Waals surface area contributed by atoms with E-state index in [1.807, 2.05) is 12.1 Å². The van der Waals surface area contributed by atoms with Gasteiger partial charge in [0.05, 0.1) is 6.54 Å². The van der Waals surface area contributed by atoms with Crippen LogP contribution in [-0.2, 0) is 13.1 Å². The van der Waals surface area contributed by atoms with Gasteiger partial charge < -0.3 is 4.42 Å². The third kappa shape index (κ3) is 4.02. The minimum Gasteiger partial charge on any atom is -0.419 e. The summed E-state index contributed by atoms with van der Waals surface area (Å²) in [5.74, 6) is 2.07. The average molecular weight is 347 g/mol. The molecule has 0 amide bonds. The Labute approximate surface area is 154 Å². The lowest BCUT2D eigenvalue weighted by Gasteiger charge is -2.28. The van der Waals surface area contributed by atoms with Gasteiger partial charge in [-0.1, -0.05) is 48.0 Å². The lowest BCUT2D eigenvalue weighted by Crippen LogP contribution is -2.33. The van der Waals surface area contributed by atoms with Crippen LogP contribution >= 0.6 is 0 Å². The molecule has 4 nitrogen and oxygen atoms in total. The summed E-state index contributed by atoms with van der Waals surface area (Å²) in [6, 6.07) is 19.3. The maximum absolute atomic E-state index is 5.98. The van der Waals surface area contributed by atoms with Gasteiger partial charge in [0, 0.05) is 18.2 Å². The van der Waals surface area contributed by atoms with E-state index in [1.165, 1.54) is 24.0 Å². The van der Waals surface area contributed by atoms with Crippen LogP contribution in [0.4, 0.5) is 0 Å². The van der Waals surface area contributed by atoms with Gasteiger partial charge in [-0.3, -0.25) is 4.90 Å². The number of benzene rings is 2. The first-order valence-electron chi connectivity index (χ1n) is 9.36. The van der Waals surface area contributed by atoms with E-state index >= 15 is 0 Å². The zero-order valence-corrected chi connectivity index (χ0v) is 15.4. The fourth-order valence-corrected chi connectivity index (χ4v) is 3.42. The van der Waals surface area contributed by atoms with E-state index in [4.69, 9.17) is 4.42 Å². The first-order chi connectivity index (χ1) is 12.7. The Morgan fingerprint density at radius 3 is 2.58 bits per heavy atom. The fraction of sp³-hybridized carbons (Fsp3) is 0.364. The molecule has 1 aliphatic carbocycles. The Kier molecular flexibility index (Phi) is 4.85. The van der Waals surface area contributed by atoms with Crippen molar-refractivity contribution in [1.29, 1.82) is 0 Å². The van der Waals surface area contributed by atoms with Crippen LogP contribution in [0.1, 0.15) is 36.8 Å². The van der Waals surface area contributed by atoms with Crippen molar-refractivity contribution in [2.45, 2.75) is 45.8 Å². The molecule has 1 atom stereocenters. The SMILES string of the molecule is Cc1cccc(-c2nnc(CN(Cc3ccccc3)C(C)C3CC3)o2)c1. The van der Waals surface area contributed by atoms with Gasteiger partial charge in [0.2, 0.25) is 11.8 Å². The molecule has 1 unspecified atom stereocenters. The maximum atomic E-state index is 5.98. The van der Waals surface area contributed by atoms with E-state index in [0.29, 0.717) is 24.4 Å². The Bertz CT molecular complexity index is 855. The smallest absolute Gasteiger partial charge is 0.247 e. The zero-order chi connectivity index (χ0) is 17.9. The van der Waals surface area contributed by atoms with Crippen molar-refractivity contribution in [2.75, 3.05) is 0 Å². The monoisotopic (exact) mass is 347 g/mol. The summed E-state index contributed by atoms with van der Waals surface area (Å²) < 4.78 is 5.98. The molecule has 4 rings (SSSR count). The first-order valence-corrected chi connectivity index (χ1v) is 9.36. The van der Waals surface area contributed by atoms with E-state index in [2.05, 4.69) is 71.4 Å². The molecule has 1 aliphatic rings. The van der Waals surface area contributed by atoms with Crippen molar-refractivity contribution < 1.29 is 4.42 Å². The van der Waals surface area contributed by atoms with Crippen LogP contribution in [0.15, 0.2) is 59.0 Å². The molecular formula is C22H25N3O. The molecule has 1 saturated carbocycles. The molecule has 0 spiro atoms. The lowest BCUT2D eigenvalue weighted by molar-refractivity contribution is 0.156. The summed E-state index contributed by atoms with van der Waals surface area (Å²) >= 11 is 0. The number of hydrogen-bond donors (Lipinski definition) is 0. The second-order valence-corrected chi connectivity index (χ2v) is 7.34. The Balaban J connectivity index is 1.52. The fourth-order valence-electron chi connectivity index (χ4n) is 3.42. The molecule has 3 aromatic rings. The molecule has 134 valence electrons. The zero-order valence-electron chi connectivity index (χ0n) is 15.4. The Hall–Kier alpha value is -2.46. The van der Waals surface area contributed by atoms with Crippen molar-refractivity contribution in [3.05, 3.63) is 71.6 Å². The molecule has 0 saturated heterocycles. The number of aryl methyl sites for hydroxylation is 1. The third-order valence-electron chi connectivity index (χ3n) is 5.18. The summed E-state index contributed by atoms with van der Waals surface area (Å²) in [6.07, 6.45) is 2.65. The second-order valence-electron chi connectivity index (χ2n) is 7.34. The summed E-state index contributed by atoms with van der Waals surface area (Å²) in [6.45, 7) is 5.98. The van der Waals surface area contributed by atoms with E-state index in [0.717, 1.165) is 18.0 Å². The van der Waals surface area contributed by atoms with Crippen LogP contribution < -0.4 is 0 Å². The van der Waals surface area contributed by atoms with Crippen LogP contribution in [-0.4, -0.2) is 21.1 Å². The molecule has 0 radical (unpaired) electrons. The summed E-state index contributed by atoms with van der Waals surface area (Å²) in [4.78, 5) is 2.46. The van der Waals surface area contributed by atoms with Crippen molar-refractivity contribution in [1.82, 2.24) is 15.1 Å². The highest BCUT2D eigenvalue weighted by molar-refractivity contribution is 5.53. The van der Waals surface area contributed by atoms with Gasteiger partial charge in [-0.05, 0) is 50.3 Å². The molecule has 0 bridgehead atoms. The molecule has 4 heteroatoms. The summed E-state index contributed by atoms with van der Waals surface area (Å²) in [7, 11) is 0. The van der Waals surface area contributed by atoms with Gasteiger partial charge in [-0.2, -0.15) is 0 Å². The van der Waals surface area contributed by atoms with Crippen molar-refractivity contribution in [3.8, 4) is 11.5 Å². The first kappa shape index (κ1) is 17.0. The minimum absolute atomic E-state index is 0.518. The Morgan fingerprint density at radius 2 is 1.85 bits per heavy atom. The van der Waals surface area contributed by atoms with E-state index in [1.54, 1.807) is 0 Å². The summed E-state index contributed by atoms with van der Waals surface area (Å²) in [5.41, 5.74) is 3.49. The molecular weight excluding hydrogens is 322 g/mol. The number of nitrogens with zero attached hydrogens (tertiary/aromatic N) is 3. The second kappa shape index (κ2) is 7.42. The molecule has 0 N–H and O–H groups in total. The molecule has 1 fully saturated rings. The van der Waals surface area contributed by atoms with E-state index < -0.39 is 0 Å². The lowest BCUT2D eigenvalue weighted by atomic mass is 10.1. The van der Waals surface area contributed by atoms with Crippen LogP contribution in [0, 0.1) is 12.8 Å². The molecule has 26 heavy (non-hydrogen) atoms. The highest BCUT2D eigenvalue weighted by Gasteiger charge is 2.32. The number of rotatable bonds is 7. The number of hydrogen-bond acceptors (Lipinski definition) is 4. The predicted octanol–water partition coefficient (Wildman–Crippen LogP) is 4.85. The van der Waals surface area contributed by atoms with E-state index in [9.17, 15) is 0 Å². The quantitative estimate of drug-likeness (QED) is 0.613. The van der Waals surface area contributed by atoms with Gasteiger partial charge in [0.15, 0.2) is 0 Å². The van der Waals surface area contributed by atoms with E-state index in [-0.39, 0.29) is 0 Å². The topological polar surface area (TPSA) is 42.2 Å².